The van der Waals surface area contributed by atoms with Crippen LogP contribution in [-0.4, -0.2) is 17.1 Å². The molecule has 0 saturated heterocycles. The summed E-state index contributed by atoms with van der Waals surface area (Å²) in [5, 5.41) is 12.8. The number of hydrazone groups is 1. The molecular weight excluding hydrogens is 260 g/mol. The monoisotopic (exact) mass is 274 g/mol. The fraction of sp³-hybridized carbons (Fsp3) is 0.118. The van der Waals surface area contributed by atoms with E-state index in [-0.39, 0.29) is 5.92 Å². The molecule has 1 heterocycles. The summed E-state index contributed by atoms with van der Waals surface area (Å²) in [4.78, 5) is 0. The van der Waals surface area contributed by atoms with Crippen molar-refractivity contribution in [2.75, 3.05) is 0 Å². The Morgan fingerprint density at radius 2 is 1.62 bits per heavy atom. The lowest BCUT2D eigenvalue weighted by Crippen LogP contribution is -2.25. The van der Waals surface area contributed by atoms with E-state index in [0.29, 0.717) is 0 Å². The number of nitrogens with zero attached hydrogens (tertiary/aromatic N) is 3. The van der Waals surface area contributed by atoms with Crippen molar-refractivity contribution in [1.82, 2.24) is 0 Å². The van der Waals surface area contributed by atoms with Gasteiger partial charge in [0.1, 0.15) is 0 Å². The molecule has 0 radical (unpaired) electrons. The quantitative estimate of drug-likeness (QED) is 0.663. The van der Waals surface area contributed by atoms with Gasteiger partial charge in [0, 0.05) is 17.5 Å². The Bertz CT molecular complexity index is 772. The molecule has 2 aromatic rings. The number of benzene rings is 2. The standard InChI is InChI=1S/C17H14N4/c18-19-16-12-8-4-5-9-13(12)17-15(16)14(20-21-17)10-11-6-2-1-3-7-11/h1-9,15H,10,18H2/b19-16-/t15-/m0/s1. The van der Waals surface area contributed by atoms with Crippen LogP contribution in [0, 0.1) is 5.92 Å². The lowest BCUT2D eigenvalue weighted by molar-refractivity contribution is 1.15. The molecule has 0 spiro atoms. The molecule has 2 aromatic carbocycles. The van der Waals surface area contributed by atoms with Crippen LogP contribution in [0.4, 0.5) is 0 Å². The molecule has 21 heavy (non-hydrogen) atoms. The summed E-state index contributed by atoms with van der Waals surface area (Å²) in [6.45, 7) is 0. The highest BCUT2D eigenvalue weighted by Crippen LogP contribution is 2.33. The predicted molar refractivity (Wildman–Crippen MR) is 84.8 cm³/mol. The lowest BCUT2D eigenvalue weighted by Gasteiger charge is -2.09. The van der Waals surface area contributed by atoms with Crippen molar-refractivity contribution in [3.63, 3.8) is 0 Å². The van der Waals surface area contributed by atoms with Crippen molar-refractivity contribution in [2.45, 2.75) is 6.42 Å². The summed E-state index contributed by atoms with van der Waals surface area (Å²) in [6, 6.07) is 18.4. The van der Waals surface area contributed by atoms with Crippen LogP contribution in [0.5, 0.6) is 0 Å². The van der Waals surface area contributed by atoms with E-state index in [9.17, 15) is 0 Å². The molecule has 1 aliphatic heterocycles. The molecule has 4 nitrogen and oxygen atoms in total. The maximum absolute atomic E-state index is 5.64. The molecule has 0 saturated carbocycles. The molecule has 0 aromatic heterocycles. The third-order valence-electron chi connectivity index (χ3n) is 4.01. The summed E-state index contributed by atoms with van der Waals surface area (Å²) in [6.07, 6.45) is 0.769. The second-order valence-electron chi connectivity index (χ2n) is 5.23. The van der Waals surface area contributed by atoms with Crippen LogP contribution >= 0.6 is 0 Å². The first kappa shape index (κ1) is 12.0. The molecule has 0 fully saturated rings. The molecule has 0 amide bonds. The maximum atomic E-state index is 5.64. The Hall–Kier alpha value is -2.75. The number of hydrogen-bond donors (Lipinski definition) is 1. The highest BCUT2D eigenvalue weighted by molar-refractivity contribution is 6.40. The summed E-state index contributed by atoms with van der Waals surface area (Å²) >= 11 is 0. The zero-order valence-electron chi connectivity index (χ0n) is 11.4. The van der Waals surface area contributed by atoms with Gasteiger partial charge in [-0.2, -0.15) is 15.3 Å². The first-order valence-corrected chi connectivity index (χ1v) is 6.94. The van der Waals surface area contributed by atoms with Crippen molar-refractivity contribution in [1.29, 1.82) is 0 Å². The van der Waals surface area contributed by atoms with Gasteiger partial charge < -0.3 is 5.84 Å². The second kappa shape index (κ2) is 4.66. The minimum Gasteiger partial charge on any atom is -0.323 e. The summed E-state index contributed by atoms with van der Waals surface area (Å²) < 4.78 is 0. The van der Waals surface area contributed by atoms with E-state index in [1.165, 1.54) is 5.56 Å². The number of nitrogens with two attached hydrogens (primary N) is 1. The number of hydrogen-bond acceptors (Lipinski definition) is 4. The SMILES string of the molecule is N/N=C1/c2ccccc2C2=NN=C(Cc3ccccc3)[C@H]21. The van der Waals surface area contributed by atoms with Gasteiger partial charge in [0.05, 0.1) is 23.1 Å². The van der Waals surface area contributed by atoms with E-state index in [2.05, 4.69) is 33.5 Å². The molecule has 2 aliphatic rings. The molecule has 0 unspecified atom stereocenters. The molecule has 1 aliphatic carbocycles. The molecular formula is C17H14N4. The Labute approximate surface area is 122 Å². The molecule has 0 bridgehead atoms. The number of fused-ring (bicyclic) bond motifs is 3. The van der Waals surface area contributed by atoms with Gasteiger partial charge in [0.2, 0.25) is 0 Å². The zero-order chi connectivity index (χ0) is 14.2. The molecule has 4 rings (SSSR count). The predicted octanol–water partition coefficient (Wildman–Crippen LogP) is 2.38. The minimum atomic E-state index is 0.00704. The van der Waals surface area contributed by atoms with E-state index < -0.39 is 0 Å². The van der Waals surface area contributed by atoms with Crippen LogP contribution in [0.2, 0.25) is 0 Å². The average Bonchev–Trinajstić information content (AvgIpc) is 3.07. The Balaban J connectivity index is 1.72. The minimum absolute atomic E-state index is 0.00704. The molecule has 102 valence electrons. The Morgan fingerprint density at radius 1 is 0.905 bits per heavy atom. The topological polar surface area (TPSA) is 63.1 Å². The van der Waals surface area contributed by atoms with E-state index in [1.54, 1.807) is 0 Å². The van der Waals surface area contributed by atoms with Crippen molar-refractivity contribution < 1.29 is 0 Å². The van der Waals surface area contributed by atoms with E-state index >= 15 is 0 Å². The largest absolute Gasteiger partial charge is 0.323 e. The molecule has 1 atom stereocenters. The van der Waals surface area contributed by atoms with Gasteiger partial charge in [-0.15, -0.1) is 0 Å². The molecule has 4 heteroatoms. The van der Waals surface area contributed by atoms with Gasteiger partial charge >= 0.3 is 0 Å². The van der Waals surface area contributed by atoms with Crippen LogP contribution in [0.3, 0.4) is 0 Å². The van der Waals surface area contributed by atoms with Crippen LogP contribution < -0.4 is 5.84 Å². The van der Waals surface area contributed by atoms with Gasteiger partial charge in [0.25, 0.3) is 0 Å². The second-order valence-corrected chi connectivity index (χ2v) is 5.23. The van der Waals surface area contributed by atoms with Crippen molar-refractivity contribution in [3.05, 3.63) is 71.3 Å². The summed E-state index contributed by atoms with van der Waals surface area (Å²) in [5.41, 5.74) is 6.25. The fourth-order valence-corrected chi connectivity index (χ4v) is 3.06. The third-order valence-corrected chi connectivity index (χ3v) is 4.01. The first-order valence-electron chi connectivity index (χ1n) is 6.94. The maximum Gasteiger partial charge on any atom is 0.0889 e. The van der Waals surface area contributed by atoms with Crippen molar-refractivity contribution in [2.24, 2.45) is 27.1 Å². The third kappa shape index (κ3) is 1.80. The van der Waals surface area contributed by atoms with Gasteiger partial charge in [-0.25, -0.2) is 0 Å². The molecule has 2 N–H and O–H groups in total. The van der Waals surface area contributed by atoms with Crippen LogP contribution in [-0.2, 0) is 6.42 Å². The van der Waals surface area contributed by atoms with Gasteiger partial charge in [0.15, 0.2) is 0 Å². The zero-order valence-corrected chi connectivity index (χ0v) is 11.4. The average molecular weight is 274 g/mol. The Kier molecular flexibility index (Phi) is 2.67. The smallest absolute Gasteiger partial charge is 0.0889 e. The van der Waals surface area contributed by atoms with Crippen LogP contribution in [0.1, 0.15) is 16.7 Å². The van der Waals surface area contributed by atoms with Crippen LogP contribution in [0.25, 0.3) is 0 Å². The van der Waals surface area contributed by atoms with E-state index in [1.807, 2.05) is 36.4 Å². The fourth-order valence-electron chi connectivity index (χ4n) is 3.06. The van der Waals surface area contributed by atoms with Crippen molar-refractivity contribution in [3.8, 4) is 0 Å². The van der Waals surface area contributed by atoms with Gasteiger partial charge in [-0.1, -0.05) is 54.6 Å². The van der Waals surface area contributed by atoms with E-state index in [0.717, 1.165) is 34.7 Å². The highest BCUT2D eigenvalue weighted by Gasteiger charge is 2.40. The van der Waals surface area contributed by atoms with Crippen molar-refractivity contribution >= 4 is 17.1 Å². The van der Waals surface area contributed by atoms with Gasteiger partial charge in [-0.3, -0.25) is 0 Å². The first-order chi connectivity index (χ1) is 10.4. The van der Waals surface area contributed by atoms with Crippen LogP contribution in [0.15, 0.2) is 69.9 Å². The lowest BCUT2D eigenvalue weighted by atomic mass is 9.92. The van der Waals surface area contributed by atoms with E-state index in [4.69, 9.17) is 5.84 Å². The summed E-state index contributed by atoms with van der Waals surface area (Å²) in [5.74, 6) is 5.65. The normalized spacial score (nSPS) is 21.0. The highest BCUT2D eigenvalue weighted by atomic mass is 15.3. The summed E-state index contributed by atoms with van der Waals surface area (Å²) in [7, 11) is 0. The Morgan fingerprint density at radius 3 is 2.38 bits per heavy atom. The number of rotatable bonds is 2. The van der Waals surface area contributed by atoms with Gasteiger partial charge in [-0.05, 0) is 5.56 Å².